The summed E-state index contributed by atoms with van der Waals surface area (Å²) < 4.78 is 0. The Hall–Kier alpha value is -0.880. The van der Waals surface area contributed by atoms with E-state index in [2.05, 4.69) is 11.1 Å². The van der Waals surface area contributed by atoms with Gasteiger partial charge in [0.05, 0.1) is 6.10 Å². The zero-order chi connectivity index (χ0) is 13.9. The molecule has 5 heteroatoms. The summed E-state index contributed by atoms with van der Waals surface area (Å²) in [6.45, 7) is 0.398. The minimum absolute atomic E-state index is 0.135. The van der Waals surface area contributed by atoms with Crippen molar-refractivity contribution in [2.24, 2.45) is 5.73 Å². The molecule has 106 valence electrons. The number of hydrogen-bond acceptors (Lipinski definition) is 5. The first kappa shape index (κ1) is 14.1. The highest BCUT2D eigenvalue weighted by atomic mass is 32.2. The number of aliphatic hydroxyl groups is 1. The summed E-state index contributed by atoms with van der Waals surface area (Å²) >= 11 is 3.70. The monoisotopic (exact) mass is 306 g/mol. The van der Waals surface area contributed by atoms with Gasteiger partial charge in [-0.05, 0) is 35.9 Å². The predicted octanol–water partition coefficient (Wildman–Crippen LogP) is 2.71. The van der Waals surface area contributed by atoms with Gasteiger partial charge in [0, 0.05) is 39.9 Å². The fraction of sp³-hybridized carbons (Fsp3) is 0.400. The van der Waals surface area contributed by atoms with Gasteiger partial charge in [0.2, 0.25) is 0 Å². The van der Waals surface area contributed by atoms with Crippen molar-refractivity contribution in [2.75, 3.05) is 12.3 Å². The van der Waals surface area contributed by atoms with E-state index in [0.29, 0.717) is 6.54 Å². The van der Waals surface area contributed by atoms with Gasteiger partial charge in [0.25, 0.3) is 0 Å². The zero-order valence-corrected chi connectivity index (χ0v) is 12.8. The van der Waals surface area contributed by atoms with Gasteiger partial charge < -0.3 is 10.8 Å². The fourth-order valence-electron chi connectivity index (χ4n) is 2.52. The molecule has 0 aromatic carbocycles. The van der Waals surface area contributed by atoms with Crippen molar-refractivity contribution >= 4 is 23.1 Å². The number of pyridine rings is 1. The molecule has 0 aliphatic carbocycles. The van der Waals surface area contributed by atoms with Crippen LogP contribution in [0.3, 0.4) is 0 Å². The molecule has 0 fully saturated rings. The molecule has 0 spiro atoms. The molecule has 0 radical (unpaired) electrons. The Kier molecular flexibility index (Phi) is 4.41. The van der Waals surface area contributed by atoms with Crippen molar-refractivity contribution in [3.8, 4) is 0 Å². The van der Waals surface area contributed by atoms with Crippen LogP contribution in [0.1, 0.15) is 33.0 Å². The number of nitrogens with zero attached hydrogens (tertiary/aromatic N) is 1. The molecule has 3 N–H and O–H groups in total. The third kappa shape index (κ3) is 2.76. The van der Waals surface area contributed by atoms with Crippen molar-refractivity contribution in [2.45, 2.75) is 24.2 Å². The quantitative estimate of drug-likeness (QED) is 0.912. The lowest BCUT2D eigenvalue weighted by atomic mass is 9.96. The molecule has 20 heavy (non-hydrogen) atoms. The van der Waals surface area contributed by atoms with Crippen LogP contribution in [0.2, 0.25) is 0 Å². The van der Waals surface area contributed by atoms with Gasteiger partial charge in [-0.3, -0.25) is 4.98 Å². The van der Waals surface area contributed by atoms with E-state index in [9.17, 15) is 5.11 Å². The van der Waals surface area contributed by atoms with E-state index in [0.717, 1.165) is 22.7 Å². The highest BCUT2D eigenvalue weighted by Gasteiger charge is 2.26. The fourth-order valence-corrected chi connectivity index (χ4v) is 4.95. The number of aliphatic hydroxyl groups excluding tert-OH is 1. The van der Waals surface area contributed by atoms with Crippen molar-refractivity contribution in [3.05, 3.63) is 51.5 Å². The molecule has 0 amide bonds. The normalized spacial score (nSPS) is 17.5. The second kappa shape index (κ2) is 6.26. The van der Waals surface area contributed by atoms with Crippen LogP contribution in [0.4, 0.5) is 0 Å². The maximum atomic E-state index is 10.7. The van der Waals surface area contributed by atoms with Crippen LogP contribution >= 0.6 is 23.1 Å². The van der Waals surface area contributed by atoms with Crippen LogP contribution in [0.25, 0.3) is 0 Å². The summed E-state index contributed by atoms with van der Waals surface area (Å²) in [5, 5.41) is 10.7. The maximum Gasteiger partial charge on any atom is 0.0977 e. The lowest BCUT2D eigenvalue weighted by Gasteiger charge is -2.19. The lowest BCUT2D eigenvalue weighted by molar-refractivity contribution is 0.149. The Balaban J connectivity index is 1.86. The first-order chi connectivity index (χ1) is 9.79. The van der Waals surface area contributed by atoms with Crippen LogP contribution < -0.4 is 5.73 Å². The van der Waals surface area contributed by atoms with Gasteiger partial charge in [-0.15, -0.1) is 11.3 Å². The molecular formula is C15H18N2OS2. The molecule has 3 nitrogen and oxygen atoms in total. The standard InChI is InChI=1S/C15H18N2OS2/c16-8-11(12-3-1-2-5-17-12)15(18)14-7-10-9-19-6-4-13(10)20-14/h1-3,5,7,11,15,18H,4,6,8-9,16H2. The average molecular weight is 306 g/mol. The number of aromatic nitrogens is 1. The summed E-state index contributed by atoms with van der Waals surface area (Å²) in [5.41, 5.74) is 8.12. The number of fused-ring (bicyclic) bond motifs is 1. The van der Waals surface area contributed by atoms with Gasteiger partial charge in [-0.2, -0.15) is 11.8 Å². The molecule has 0 saturated carbocycles. The minimum atomic E-state index is -0.560. The van der Waals surface area contributed by atoms with Gasteiger partial charge >= 0.3 is 0 Å². The third-order valence-corrected chi connectivity index (χ3v) is 5.96. The number of hydrogen-bond donors (Lipinski definition) is 2. The molecule has 2 unspecified atom stereocenters. The Morgan fingerprint density at radius 2 is 2.30 bits per heavy atom. The molecule has 3 heterocycles. The van der Waals surface area contributed by atoms with E-state index in [-0.39, 0.29) is 5.92 Å². The zero-order valence-electron chi connectivity index (χ0n) is 11.2. The van der Waals surface area contributed by atoms with E-state index in [1.807, 2.05) is 30.0 Å². The lowest BCUT2D eigenvalue weighted by Crippen LogP contribution is -2.20. The average Bonchev–Trinajstić information content (AvgIpc) is 2.93. The molecule has 0 bridgehead atoms. The molecular weight excluding hydrogens is 288 g/mol. The summed E-state index contributed by atoms with van der Waals surface area (Å²) in [6.07, 6.45) is 2.31. The molecule has 2 aromatic rings. The Morgan fingerprint density at radius 3 is 3.00 bits per heavy atom. The van der Waals surface area contributed by atoms with E-state index >= 15 is 0 Å². The Labute approximate surface area is 127 Å². The number of aryl methyl sites for hydroxylation is 1. The van der Waals surface area contributed by atoms with Crippen LogP contribution in [-0.4, -0.2) is 22.4 Å². The Morgan fingerprint density at radius 1 is 1.40 bits per heavy atom. The first-order valence-electron chi connectivity index (χ1n) is 6.78. The smallest absolute Gasteiger partial charge is 0.0977 e. The topological polar surface area (TPSA) is 59.1 Å². The van der Waals surface area contributed by atoms with Gasteiger partial charge in [-0.1, -0.05) is 6.07 Å². The predicted molar refractivity (Wildman–Crippen MR) is 85.2 cm³/mol. The van der Waals surface area contributed by atoms with Crippen molar-refractivity contribution < 1.29 is 5.11 Å². The maximum absolute atomic E-state index is 10.7. The summed E-state index contributed by atoms with van der Waals surface area (Å²) in [5.74, 6) is 2.11. The second-order valence-electron chi connectivity index (χ2n) is 4.94. The van der Waals surface area contributed by atoms with Gasteiger partial charge in [0.15, 0.2) is 0 Å². The highest BCUT2D eigenvalue weighted by molar-refractivity contribution is 7.98. The van der Waals surface area contributed by atoms with Crippen LogP contribution in [0.5, 0.6) is 0 Å². The Bertz CT molecular complexity index is 547. The highest BCUT2D eigenvalue weighted by Crippen LogP contribution is 2.38. The van der Waals surface area contributed by atoms with E-state index < -0.39 is 6.10 Å². The van der Waals surface area contributed by atoms with E-state index in [4.69, 9.17) is 5.73 Å². The van der Waals surface area contributed by atoms with Gasteiger partial charge in [0.1, 0.15) is 0 Å². The van der Waals surface area contributed by atoms with E-state index in [1.54, 1.807) is 17.5 Å². The summed E-state index contributed by atoms with van der Waals surface area (Å²) in [7, 11) is 0. The van der Waals surface area contributed by atoms with Crippen LogP contribution in [0, 0.1) is 0 Å². The molecule has 1 aliphatic rings. The number of nitrogens with two attached hydrogens (primary N) is 1. The SMILES string of the molecule is NCC(c1ccccn1)C(O)c1cc2c(s1)CCSC2. The first-order valence-corrected chi connectivity index (χ1v) is 8.75. The van der Waals surface area contributed by atoms with Crippen LogP contribution in [-0.2, 0) is 12.2 Å². The van der Waals surface area contributed by atoms with Crippen molar-refractivity contribution in [3.63, 3.8) is 0 Å². The molecule has 0 saturated heterocycles. The summed E-state index contributed by atoms with van der Waals surface area (Å²) in [4.78, 5) is 6.79. The van der Waals surface area contributed by atoms with E-state index in [1.165, 1.54) is 16.2 Å². The van der Waals surface area contributed by atoms with Crippen molar-refractivity contribution in [1.82, 2.24) is 4.98 Å². The second-order valence-corrected chi connectivity index (χ2v) is 7.21. The van der Waals surface area contributed by atoms with Crippen molar-refractivity contribution in [1.29, 1.82) is 0 Å². The third-order valence-electron chi connectivity index (χ3n) is 3.64. The number of thioether (sulfide) groups is 1. The summed E-state index contributed by atoms with van der Waals surface area (Å²) in [6, 6.07) is 7.91. The van der Waals surface area contributed by atoms with Crippen LogP contribution in [0.15, 0.2) is 30.5 Å². The van der Waals surface area contributed by atoms with Gasteiger partial charge in [-0.25, -0.2) is 0 Å². The molecule has 3 rings (SSSR count). The number of rotatable bonds is 4. The number of thiophene rings is 1. The molecule has 2 aromatic heterocycles. The largest absolute Gasteiger partial charge is 0.387 e. The molecule has 1 aliphatic heterocycles. The minimum Gasteiger partial charge on any atom is -0.387 e. The molecule has 2 atom stereocenters.